The Balaban J connectivity index is 0. The normalized spacial score (nSPS) is 6.50. The van der Waals surface area contributed by atoms with Gasteiger partial charge in [0.15, 0.2) is 9.95 Å². The van der Waals surface area contributed by atoms with E-state index in [0.717, 1.165) is 0 Å². The van der Waals surface area contributed by atoms with Crippen LogP contribution in [0.5, 0.6) is 0 Å². The summed E-state index contributed by atoms with van der Waals surface area (Å²) in [6.45, 7) is 0. The maximum atomic E-state index is 8.30. The van der Waals surface area contributed by atoms with Crippen molar-refractivity contribution in [2.45, 2.75) is 0 Å². The van der Waals surface area contributed by atoms with Crippen LogP contribution in [0.25, 0.3) is 9.95 Å². The molecule has 0 bridgehead atoms. The van der Waals surface area contributed by atoms with Gasteiger partial charge in [-0.3, -0.25) is 0 Å². The lowest BCUT2D eigenvalue weighted by atomic mass is 10.3. The van der Waals surface area contributed by atoms with Gasteiger partial charge in [-0.05, 0) is 0 Å². The molecule has 0 aliphatic rings. The summed E-state index contributed by atoms with van der Waals surface area (Å²) < 4.78 is 0. The Kier molecular flexibility index (Phi) is 7.02. The van der Waals surface area contributed by atoms with Crippen molar-refractivity contribution >= 4 is 11.4 Å². The average Bonchev–Trinajstić information content (AvgIpc) is 2.04. The zero-order valence-corrected chi connectivity index (χ0v) is 7.37. The number of halogens is 2. The van der Waals surface area contributed by atoms with Crippen LogP contribution in [0.2, 0.25) is 0 Å². The predicted molar refractivity (Wildman–Crippen MR) is 35.9 cm³/mol. The van der Waals surface area contributed by atoms with Crippen LogP contribution >= 0.6 is 0 Å². The van der Waals surface area contributed by atoms with E-state index in [4.69, 9.17) is 10.8 Å². The van der Waals surface area contributed by atoms with Gasteiger partial charge >= 0.3 is 11.4 Å². The third-order valence-corrected chi connectivity index (χ3v) is 1.10. The lowest BCUT2D eigenvalue weighted by Gasteiger charge is -1.68. The summed E-state index contributed by atoms with van der Waals surface area (Å²) in [6.07, 6.45) is 0. The molecule has 4 nitrogen and oxygen atoms in total. The fourth-order valence-corrected chi connectivity index (χ4v) is 0.633. The SMILES string of the molecule is N#[N+]c1ccccc1[N+]#N.[Cl-].[Cl-]. The van der Waals surface area contributed by atoms with Gasteiger partial charge < -0.3 is 24.8 Å². The summed E-state index contributed by atoms with van der Waals surface area (Å²) in [5.41, 5.74) is 0.509. The van der Waals surface area contributed by atoms with Crippen LogP contribution in [-0.2, 0) is 0 Å². The van der Waals surface area contributed by atoms with E-state index in [-0.39, 0.29) is 36.2 Å². The van der Waals surface area contributed by atoms with Crippen LogP contribution in [-0.4, -0.2) is 0 Å². The van der Waals surface area contributed by atoms with E-state index in [2.05, 4.69) is 9.95 Å². The van der Waals surface area contributed by atoms with Crippen molar-refractivity contribution in [3.05, 3.63) is 34.2 Å². The Morgan fingerprint density at radius 3 is 1.42 bits per heavy atom. The number of diazo groups is 2. The molecule has 0 fully saturated rings. The number of nitrogens with zero attached hydrogens (tertiary/aromatic N) is 4. The van der Waals surface area contributed by atoms with Gasteiger partial charge in [0.25, 0.3) is 0 Å². The summed E-state index contributed by atoms with van der Waals surface area (Å²) in [7, 11) is 0. The molecule has 0 radical (unpaired) electrons. The highest BCUT2D eigenvalue weighted by molar-refractivity contribution is 5.69. The Morgan fingerprint density at radius 2 is 1.17 bits per heavy atom. The Morgan fingerprint density at radius 1 is 0.833 bits per heavy atom. The fourth-order valence-electron chi connectivity index (χ4n) is 0.633. The van der Waals surface area contributed by atoms with Gasteiger partial charge in [0.2, 0.25) is 10.8 Å². The molecule has 1 aromatic carbocycles. The van der Waals surface area contributed by atoms with Crippen molar-refractivity contribution in [3.8, 4) is 0 Å². The summed E-state index contributed by atoms with van der Waals surface area (Å²) >= 11 is 0. The van der Waals surface area contributed by atoms with Gasteiger partial charge in [0.1, 0.15) is 0 Å². The molecule has 0 saturated carbocycles. The van der Waals surface area contributed by atoms with Crippen LogP contribution < -0.4 is 24.8 Å². The topological polar surface area (TPSA) is 56.3 Å². The zero-order valence-electron chi connectivity index (χ0n) is 5.85. The van der Waals surface area contributed by atoms with Crippen molar-refractivity contribution in [1.29, 1.82) is 10.8 Å². The van der Waals surface area contributed by atoms with Gasteiger partial charge in [-0.25, -0.2) is 0 Å². The molecule has 0 saturated heterocycles. The summed E-state index contributed by atoms with van der Waals surface area (Å²) in [6, 6.07) is 6.44. The molecule has 0 aliphatic carbocycles. The average molecular weight is 203 g/mol. The van der Waals surface area contributed by atoms with E-state index < -0.39 is 0 Å². The molecule has 0 unspecified atom stereocenters. The van der Waals surface area contributed by atoms with Gasteiger partial charge in [0, 0.05) is 12.1 Å². The van der Waals surface area contributed by atoms with Crippen LogP contribution in [0.3, 0.4) is 0 Å². The fraction of sp³-hybridized carbons (Fsp3) is 0. The molecule has 0 aliphatic heterocycles. The zero-order chi connectivity index (χ0) is 7.40. The van der Waals surface area contributed by atoms with Gasteiger partial charge in [0.05, 0.1) is 0 Å². The summed E-state index contributed by atoms with van der Waals surface area (Å²) in [5.74, 6) is 0. The lowest BCUT2D eigenvalue weighted by molar-refractivity contribution is -0.001000. The number of rotatable bonds is 0. The first kappa shape index (κ1) is 13.2. The molecule has 0 amide bonds. The molecule has 0 heterocycles. The first-order valence-electron chi connectivity index (χ1n) is 2.67. The standard InChI is InChI=1S/C6H4N4.2ClH/c7-9-5-3-1-2-4-6(5)10-8;;/h1-4H;2*1H/q+2;;/p-2. The van der Waals surface area contributed by atoms with E-state index in [1.54, 1.807) is 12.1 Å². The molecule has 1 aromatic rings. The third-order valence-electron chi connectivity index (χ3n) is 1.10. The monoisotopic (exact) mass is 202 g/mol. The molecule has 62 valence electrons. The molecule has 0 spiro atoms. The van der Waals surface area contributed by atoms with E-state index in [0.29, 0.717) is 0 Å². The second-order valence-electron chi connectivity index (χ2n) is 1.69. The number of hydrogen-bond donors (Lipinski definition) is 0. The maximum Gasteiger partial charge on any atom is 0.478 e. The Bertz CT molecular complexity index is 292. The van der Waals surface area contributed by atoms with Crippen LogP contribution in [0.4, 0.5) is 11.4 Å². The van der Waals surface area contributed by atoms with Gasteiger partial charge in [-0.15, -0.1) is 0 Å². The maximum absolute atomic E-state index is 8.30. The lowest BCUT2D eigenvalue weighted by Crippen LogP contribution is -3.00. The second-order valence-corrected chi connectivity index (χ2v) is 1.69. The molecule has 0 N–H and O–H groups in total. The highest BCUT2D eigenvalue weighted by atomic mass is 35.5. The van der Waals surface area contributed by atoms with Crippen LogP contribution in [0.1, 0.15) is 0 Å². The summed E-state index contributed by atoms with van der Waals surface area (Å²) in [4.78, 5) is 5.78. The molecular formula is C6H4Cl2N4. The second kappa shape index (κ2) is 6.36. The van der Waals surface area contributed by atoms with Gasteiger partial charge in [-0.1, -0.05) is 12.1 Å². The molecular weight excluding hydrogens is 199 g/mol. The Hall–Kier alpha value is -1.36. The van der Waals surface area contributed by atoms with Crippen molar-refractivity contribution in [1.82, 2.24) is 0 Å². The number of hydrogen-bond acceptors (Lipinski definition) is 2. The van der Waals surface area contributed by atoms with Crippen LogP contribution in [0, 0.1) is 10.8 Å². The highest BCUT2D eigenvalue weighted by Gasteiger charge is 2.22. The number of benzene rings is 1. The van der Waals surface area contributed by atoms with E-state index in [1.807, 2.05) is 0 Å². The quantitative estimate of drug-likeness (QED) is 0.414. The van der Waals surface area contributed by atoms with Crippen molar-refractivity contribution in [2.24, 2.45) is 0 Å². The third kappa shape index (κ3) is 2.71. The minimum atomic E-state index is 0. The van der Waals surface area contributed by atoms with E-state index in [1.165, 1.54) is 12.1 Å². The minimum Gasteiger partial charge on any atom is -1.00 e. The van der Waals surface area contributed by atoms with Crippen molar-refractivity contribution in [3.63, 3.8) is 0 Å². The smallest absolute Gasteiger partial charge is 0.478 e. The largest absolute Gasteiger partial charge is 1.00 e. The van der Waals surface area contributed by atoms with Crippen molar-refractivity contribution < 1.29 is 24.8 Å². The summed E-state index contributed by atoms with van der Waals surface area (Å²) in [5, 5.41) is 16.6. The molecule has 0 atom stereocenters. The first-order chi connectivity index (χ1) is 4.88. The minimum absolute atomic E-state index is 0. The molecule has 0 aromatic heterocycles. The molecule has 1 rings (SSSR count). The molecule has 6 heteroatoms. The first-order valence-corrected chi connectivity index (χ1v) is 2.67. The van der Waals surface area contributed by atoms with E-state index in [9.17, 15) is 0 Å². The van der Waals surface area contributed by atoms with Gasteiger partial charge in [-0.2, -0.15) is 0 Å². The van der Waals surface area contributed by atoms with Crippen molar-refractivity contribution in [2.75, 3.05) is 0 Å². The Labute approximate surface area is 81.7 Å². The van der Waals surface area contributed by atoms with Crippen LogP contribution in [0.15, 0.2) is 24.3 Å². The van der Waals surface area contributed by atoms with E-state index >= 15 is 0 Å². The molecule has 12 heavy (non-hydrogen) atoms. The predicted octanol–water partition coefficient (Wildman–Crippen LogP) is -3.34. The highest BCUT2D eigenvalue weighted by Crippen LogP contribution is 2.26.